The molecule has 0 spiro atoms. The highest BCUT2D eigenvalue weighted by Gasteiger charge is 2.23. The van der Waals surface area contributed by atoms with Crippen molar-refractivity contribution in [2.45, 2.75) is 23.9 Å². The van der Waals surface area contributed by atoms with Gasteiger partial charge in [-0.15, -0.1) is 10.2 Å². The Morgan fingerprint density at radius 3 is 2.42 bits per heavy atom. The van der Waals surface area contributed by atoms with Crippen molar-refractivity contribution in [2.75, 3.05) is 6.61 Å². The summed E-state index contributed by atoms with van der Waals surface area (Å²) >= 11 is 19.9. The van der Waals surface area contributed by atoms with E-state index in [1.807, 2.05) is 0 Å². The van der Waals surface area contributed by atoms with Gasteiger partial charge in [0.25, 0.3) is 5.91 Å². The van der Waals surface area contributed by atoms with Gasteiger partial charge in [-0.3, -0.25) is 9.36 Å². The van der Waals surface area contributed by atoms with Crippen LogP contribution in [0, 0.1) is 5.82 Å². The third-order valence-electron chi connectivity index (χ3n) is 5.04. The fourth-order valence-corrected chi connectivity index (χ4v) is 4.83. The molecule has 0 saturated carbocycles. The van der Waals surface area contributed by atoms with Crippen LogP contribution in [0.25, 0.3) is 5.69 Å². The standard InChI is InChI=1S/C25H20Cl3FN4O2S/c1-15(30-23(34)13-35-20-9-4-17(26)5-10-20)24-31-32-25(36-14-16-2-7-19(29)8-3-16)33(24)22-11-6-18(27)12-21(22)28/h2-12,15H,13-14H2,1H3,(H,30,34). The predicted molar refractivity (Wildman–Crippen MR) is 141 cm³/mol. The van der Waals surface area contributed by atoms with Crippen LogP contribution in [0.4, 0.5) is 4.39 Å². The summed E-state index contributed by atoms with van der Waals surface area (Å²) in [6.45, 7) is 1.60. The second kappa shape index (κ2) is 12.0. The van der Waals surface area contributed by atoms with Crippen molar-refractivity contribution < 1.29 is 13.9 Å². The third-order valence-corrected chi connectivity index (χ3v) is 6.83. The molecule has 0 aliphatic carbocycles. The number of thioether (sulfide) groups is 1. The Balaban J connectivity index is 1.54. The summed E-state index contributed by atoms with van der Waals surface area (Å²) in [5.41, 5.74) is 1.53. The molecule has 1 atom stereocenters. The van der Waals surface area contributed by atoms with Gasteiger partial charge in [0, 0.05) is 15.8 Å². The zero-order chi connectivity index (χ0) is 25.7. The van der Waals surface area contributed by atoms with E-state index in [-0.39, 0.29) is 18.3 Å². The minimum absolute atomic E-state index is 0.187. The maximum Gasteiger partial charge on any atom is 0.258 e. The van der Waals surface area contributed by atoms with Crippen LogP contribution in [0.1, 0.15) is 24.4 Å². The molecule has 1 amide bonds. The lowest BCUT2D eigenvalue weighted by Crippen LogP contribution is -2.32. The number of halogens is 4. The van der Waals surface area contributed by atoms with Crippen LogP contribution in [-0.4, -0.2) is 27.3 Å². The molecule has 4 rings (SSSR count). The second-order valence-corrected chi connectivity index (χ2v) is 9.94. The van der Waals surface area contributed by atoms with Crippen molar-refractivity contribution in [1.29, 1.82) is 0 Å². The minimum Gasteiger partial charge on any atom is -0.484 e. The summed E-state index contributed by atoms with van der Waals surface area (Å²) < 4.78 is 20.6. The predicted octanol–water partition coefficient (Wildman–Crippen LogP) is 6.92. The van der Waals surface area contributed by atoms with Gasteiger partial charge in [0.2, 0.25) is 0 Å². The molecule has 4 aromatic rings. The van der Waals surface area contributed by atoms with E-state index in [9.17, 15) is 9.18 Å². The van der Waals surface area contributed by atoms with E-state index in [2.05, 4.69) is 15.5 Å². The number of nitrogens with zero attached hydrogens (tertiary/aromatic N) is 3. The second-order valence-electron chi connectivity index (χ2n) is 7.72. The summed E-state index contributed by atoms with van der Waals surface area (Å²) in [5.74, 6) is 0.888. The molecule has 1 aromatic heterocycles. The van der Waals surface area contributed by atoms with E-state index < -0.39 is 6.04 Å². The Labute approximate surface area is 226 Å². The first-order chi connectivity index (χ1) is 17.3. The van der Waals surface area contributed by atoms with Gasteiger partial charge in [-0.05, 0) is 67.1 Å². The number of amides is 1. The highest BCUT2D eigenvalue weighted by atomic mass is 35.5. The molecule has 11 heteroatoms. The number of hydrogen-bond donors (Lipinski definition) is 1. The van der Waals surface area contributed by atoms with Gasteiger partial charge in [-0.2, -0.15) is 0 Å². The first-order valence-corrected chi connectivity index (χ1v) is 12.9. The lowest BCUT2D eigenvalue weighted by molar-refractivity contribution is -0.123. The first-order valence-electron chi connectivity index (χ1n) is 10.8. The molecule has 0 radical (unpaired) electrons. The Morgan fingerprint density at radius 1 is 1.03 bits per heavy atom. The van der Waals surface area contributed by atoms with Crippen molar-refractivity contribution in [2.24, 2.45) is 0 Å². The van der Waals surface area contributed by atoms with E-state index in [0.717, 1.165) is 5.56 Å². The molecule has 186 valence electrons. The Bertz CT molecular complexity index is 1350. The van der Waals surface area contributed by atoms with Crippen molar-refractivity contribution in [3.63, 3.8) is 0 Å². The lowest BCUT2D eigenvalue weighted by Gasteiger charge is -2.17. The number of rotatable bonds is 9. The number of carbonyl (C=O) groups excluding carboxylic acids is 1. The van der Waals surface area contributed by atoms with Crippen molar-refractivity contribution in [1.82, 2.24) is 20.1 Å². The van der Waals surface area contributed by atoms with Crippen molar-refractivity contribution in [3.05, 3.63) is 99.0 Å². The van der Waals surface area contributed by atoms with Gasteiger partial charge < -0.3 is 10.1 Å². The van der Waals surface area contributed by atoms with Crippen molar-refractivity contribution in [3.8, 4) is 11.4 Å². The van der Waals surface area contributed by atoms with Gasteiger partial charge in [0.15, 0.2) is 17.6 Å². The largest absolute Gasteiger partial charge is 0.484 e. The molecule has 0 aliphatic heterocycles. The summed E-state index contributed by atoms with van der Waals surface area (Å²) in [5, 5.41) is 13.6. The summed E-state index contributed by atoms with van der Waals surface area (Å²) in [4.78, 5) is 12.6. The molecule has 1 N–H and O–H groups in total. The maximum atomic E-state index is 13.3. The Hall–Kier alpha value is -2.78. The smallest absolute Gasteiger partial charge is 0.258 e. The van der Waals surface area contributed by atoms with Crippen molar-refractivity contribution >= 4 is 52.5 Å². The maximum absolute atomic E-state index is 13.3. The highest BCUT2D eigenvalue weighted by molar-refractivity contribution is 7.98. The van der Waals surface area contributed by atoms with Gasteiger partial charge >= 0.3 is 0 Å². The van der Waals surface area contributed by atoms with Crippen LogP contribution in [0.15, 0.2) is 71.9 Å². The van der Waals surface area contributed by atoms with E-state index in [1.54, 1.807) is 66.1 Å². The summed E-state index contributed by atoms with van der Waals surface area (Å²) in [7, 11) is 0. The average Bonchev–Trinajstić information content (AvgIpc) is 3.27. The number of hydrogen-bond acceptors (Lipinski definition) is 5. The van der Waals surface area contributed by atoms with Crippen LogP contribution in [0.2, 0.25) is 15.1 Å². The summed E-state index contributed by atoms with van der Waals surface area (Å²) in [6, 6.07) is 17.5. The highest BCUT2D eigenvalue weighted by Crippen LogP contribution is 2.32. The molecular formula is C25H20Cl3FN4O2S. The number of aromatic nitrogens is 3. The topological polar surface area (TPSA) is 69.0 Å². The number of nitrogens with one attached hydrogen (secondary N) is 1. The molecule has 0 saturated heterocycles. The van der Waals surface area contributed by atoms with Crippen LogP contribution >= 0.6 is 46.6 Å². The molecule has 1 unspecified atom stereocenters. The SMILES string of the molecule is CC(NC(=O)COc1ccc(Cl)cc1)c1nnc(SCc2ccc(F)cc2)n1-c1ccc(Cl)cc1Cl. The van der Waals surface area contributed by atoms with Gasteiger partial charge in [-0.25, -0.2) is 4.39 Å². The van der Waals surface area contributed by atoms with E-state index in [4.69, 9.17) is 39.5 Å². The average molecular weight is 566 g/mol. The fourth-order valence-electron chi connectivity index (χ4n) is 3.30. The monoisotopic (exact) mass is 564 g/mol. The van der Waals surface area contributed by atoms with Crippen LogP contribution in [-0.2, 0) is 10.5 Å². The number of carbonyl (C=O) groups is 1. The van der Waals surface area contributed by atoms with E-state index in [0.29, 0.717) is 43.2 Å². The molecule has 6 nitrogen and oxygen atoms in total. The van der Waals surface area contributed by atoms with E-state index >= 15 is 0 Å². The molecular weight excluding hydrogens is 546 g/mol. The van der Waals surface area contributed by atoms with Crippen LogP contribution < -0.4 is 10.1 Å². The lowest BCUT2D eigenvalue weighted by atomic mass is 10.2. The summed E-state index contributed by atoms with van der Waals surface area (Å²) in [6.07, 6.45) is 0. The van der Waals surface area contributed by atoms with E-state index in [1.165, 1.54) is 23.9 Å². The molecule has 0 bridgehead atoms. The molecule has 3 aromatic carbocycles. The Morgan fingerprint density at radius 2 is 1.72 bits per heavy atom. The number of benzene rings is 3. The van der Waals surface area contributed by atoms with Gasteiger partial charge in [0.05, 0.1) is 16.8 Å². The van der Waals surface area contributed by atoms with Crippen LogP contribution in [0.3, 0.4) is 0 Å². The normalized spacial score (nSPS) is 11.8. The van der Waals surface area contributed by atoms with Gasteiger partial charge in [-0.1, -0.05) is 58.7 Å². The zero-order valence-electron chi connectivity index (χ0n) is 18.9. The van der Waals surface area contributed by atoms with Crippen LogP contribution in [0.5, 0.6) is 5.75 Å². The molecule has 36 heavy (non-hydrogen) atoms. The first kappa shape index (κ1) is 26.3. The molecule has 0 fully saturated rings. The zero-order valence-corrected chi connectivity index (χ0v) is 22.0. The number of ether oxygens (including phenoxy) is 1. The Kier molecular flexibility index (Phi) is 8.74. The minimum atomic E-state index is -0.522. The molecule has 1 heterocycles. The molecule has 0 aliphatic rings. The fraction of sp³-hybridized carbons (Fsp3) is 0.160. The quantitative estimate of drug-likeness (QED) is 0.223. The third kappa shape index (κ3) is 6.70. The van der Waals surface area contributed by atoms with Gasteiger partial charge in [0.1, 0.15) is 11.6 Å².